The highest BCUT2D eigenvalue weighted by Gasteiger charge is 2.35. The van der Waals surface area contributed by atoms with Gasteiger partial charge < -0.3 is 15.0 Å². The molecule has 0 saturated heterocycles. The minimum absolute atomic E-state index is 0. The molecule has 3 aromatic rings. The van der Waals surface area contributed by atoms with Gasteiger partial charge in [-0.3, -0.25) is 0 Å². The van der Waals surface area contributed by atoms with Crippen molar-refractivity contribution in [2.75, 3.05) is 13.2 Å². The average molecular weight is 422 g/mol. The van der Waals surface area contributed by atoms with E-state index in [0.29, 0.717) is 17.9 Å². The molecule has 27 heavy (non-hydrogen) atoms. The van der Waals surface area contributed by atoms with Gasteiger partial charge in [0.1, 0.15) is 11.3 Å². The number of nitrogens with one attached hydrogen (secondary N) is 2. The molecule has 9 heteroatoms. The van der Waals surface area contributed by atoms with Crippen LogP contribution in [0.4, 0.5) is 13.2 Å². The minimum atomic E-state index is -4.50. The first-order chi connectivity index (χ1) is 12.0. The van der Waals surface area contributed by atoms with Gasteiger partial charge in [0, 0.05) is 6.54 Å². The number of hydrogen-bond donors (Lipinski definition) is 2. The van der Waals surface area contributed by atoms with Crippen molar-refractivity contribution in [1.82, 2.24) is 15.3 Å². The fraction of sp³-hybridized carbons (Fsp3) is 0.278. The summed E-state index contributed by atoms with van der Waals surface area (Å²) in [5.41, 5.74) is 1.71. The molecule has 4 nitrogen and oxygen atoms in total. The van der Waals surface area contributed by atoms with E-state index in [-0.39, 0.29) is 30.3 Å². The molecule has 3 rings (SSSR count). The van der Waals surface area contributed by atoms with E-state index in [4.69, 9.17) is 4.74 Å². The molecular weight excluding hydrogens is 402 g/mol. The molecule has 0 aliphatic heterocycles. The van der Waals surface area contributed by atoms with E-state index >= 15 is 0 Å². The molecule has 2 aromatic carbocycles. The number of halogens is 5. The van der Waals surface area contributed by atoms with Crippen LogP contribution in [0.2, 0.25) is 0 Å². The quantitative estimate of drug-likeness (QED) is 0.528. The lowest BCUT2D eigenvalue weighted by molar-refractivity contribution is -0.144. The van der Waals surface area contributed by atoms with Crippen LogP contribution in [0.1, 0.15) is 17.8 Å². The lowest BCUT2D eigenvalue weighted by Gasteiger charge is -2.08. The van der Waals surface area contributed by atoms with Crippen molar-refractivity contribution in [2.24, 2.45) is 0 Å². The second kappa shape index (κ2) is 10.4. The molecule has 148 valence electrons. The van der Waals surface area contributed by atoms with Crippen molar-refractivity contribution in [1.29, 1.82) is 0 Å². The van der Waals surface area contributed by atoms with Gasteiger partial charge in [-0.05, 0) is 30.7 Å². The summed E-state index contributed by atoms with van der Waals surface area (Å²) in [4.78, 5) is 5.89. The third kappa shape index (κ3) is 6.30. The SMILES string of the molecule is Cl.Cl.FC(F)(F)c1nc2c(OCCCNCc3ccccc3)cccc2[nH]1. The van der Waals surface area contributed by atoms with Crippen LogP contribution in [0, 0.1) is 0 Å². The van der Waals surface area contributed by atoms with Gasteiger partial charge in [-0.2, -0.15) is 13.2 Å². The predicted octanol–water partition coefficient (Wildman–Crippen LogP) is 4.98. The van der Waals surface area contributed by atoms with E-state index in [1.54, 1.807) is 18.2 Å². The molecule has 1 aromatic heterocycles. The van der Waals surface area contributed by atoms with E-state index < -0.39 is 12.0 Å². The highest BCUT2D eigenvalue weighted by atomic mass is 35.5. The first-order valence-electron chi connectivity index (χ1n) is 7.97. The van der Waals surface area contributed by atoms with E-state index in [0.717, 1.165) is 19.5 Å². The molecule has 1 heterocycles. The van der Waals surface area contributed by atoms with Crippen molar-refractivity contribution in [3.8, 4) is 5.75 Å². The van der Waals surface area contributed by atoms with Crippen molar-refractivity contribution in [3.05, 3.63) is 59.9 Å². The van der Waals surface area contributed by atoms with Gasteiger partial charge in [0.05, 0.1) is 12.1 Å². The number of aromatic amines is 1. The zero-order chi connectivity index (χ0) is 17.7. The van der Waals surface area contributed by atoms with Crippen molar-refractivity contribution in [2.45, 2.75) is 19.1 Å². The molecule has 0 amide bonds. The summed E-state index contributed by atoms with van der Waals surface area (Å²) < 4.78 is 43.8. The van der Waals surface area contributed by atoms with E-state index in [1.165, 1.54) is 5.56 Å². The Morgan fingerprint density at radius 2 is 1.74 bits per heavy atom. The molecule has 0 radical (unpaired) electrons. The number of imidazole rings is 1. The Kier molecular flexibility index (Phi) is 8.88. The van der Waals surface area contributed by atoms with Crippen LogP contribution in [0.3, 0.4) is 0 Å². The maximum absolute atomic E-state index is 12.7. The van der Waals surface area contributed by atoms with Crippen molar-refractivity contribution in [3.63, 3.8) is 0 Å². The van der Waals surface area contributed by atoms with Crippen LogP contribution >= 0.6 is 24.8 Å². The van der Waals surface area contributed by atoms with Gasteiger partial charge in [-0.1, -0.05) is 36.4 Å². The van der Waals surface area contributed by atoms with E-state index in [9.17, 15) is 13.2 Å². The van der Waals surface area contributed by atoms with Crippen LogP contribution in [-0.4, -0.2) is 23.1 Å². The summed E-state index contributed by atoms with van der Waals surface area (Å²) >= 11 is 0. The Labute approximate surface area is 167 Å². The zero-order valence-corrected chi connectivity index (χ0v) is 15.9. The highest BCUT2D eigenvalue weighted by Crippen LogP contribution is 2.31. The third-order valence-corrected chi connectivity index (χ3v) is 3.67. The maximum Gasteiger partial charge on any atom is 0.449 e. The Hall–Kier alpha value is -1.96. The molecule has 0 bridgehead atoms. The second-order valence-electron chi connectivity index (χ2n) is 5.60. The molecule has 0 atom stereocenters. The summed E-state index contributed by atoms with van der Waals surface area (Å²) in [6.07, 6.45) is -3.77. The standard InChI is InChI=1S/C18H18F3N3O.2ClH/c19-18(20,21)17-23-14-8-4-9-15(16(14)24-17)25-11-5-10-22-12-13-6-2-1-3-7-13;;/h1-4,6-9,22H,5,10-12H2,(H,23,24);2*1H. The molecule has 0 spiro atoms. The number of alkyl halides is 3. The Morgan fingerprint density at radius 3 is 2.44 bits per heavy atom. The average Bonchev–Trinajstić information content (AvgIpc) is 3.04. The van der Waals surface area contributed by atoms with Crippen LogP contribution < -0.4 is 10.1 Å². The monoisotopic (exact) mass is 421 g/mol. The Balaban J connectivity index is 0.00000182. The first kappa shape index (κ1) is 23.1. The lowest BCUT2D eigenvalue weighted by atomic mass is 10.2. The number of nitrogens with zero attached hydrogens (tertiary/aromatic N) is 1. The number of ether oxygens (including phenoxy) is 1. The Morgan fingerprint density at radius 1 is 1.00 bits per heavy atom. The van der Waals surface area contributed by atoms with Crippen LogP contribution in [0.5, 0.6) is 5.75 Å². The topological polar surface area (TPSA) is 49.9 Å². The summed E-state index contributed by atoms with van der Waals surface area (Å²) in [6.45, 7) is 1.92. The number of aromatic nitrogens is 2. The smallest absolute Gasteiger partial charge is 0.449 e. The van der Waals surface area contributed by atoms with E-state index in [1.807, 2.05) is 30.3 Å². The van der Waals surface area contributed by atoms with Gasteiger partial charge in [0.2, 0.25) is 5.82 Å². The second-order valence-corrected chi connectivity index (χ2v) is 5.60. The molecule has 0 aliphatic carbocycles. The highest BCUT2D eigenvalue weighted by molar-refractivity contribution is 5.85. The lowest BCUT2D eigenvalue weighted by Crippen LogP contribution is -2.17. The van der Waals surface area contributed by atoms with Crippen molar-refractivity contribution >= 4 is 35.8 Å². The van der Waals surface area contributed by atoms with Crippen LogP contribution in [0.15, 0.2) is 48.5 Å². The van der Waals surface area contributed by atoms with Gasteiger partial charge in [-0.15, -0.1) is 24.8 Å². The number of hydrogen-bond acceptors (Lipinski definition) is 3. The van der Waals surface area contributed by atoms with Gasteiger partial charge in [0.25, 0.3) is 0 Å². The molecule has 2 N–H and O–H groups in total. The van der Waals surface area contributed by atoms with Crippen molar-refractivity contribution < 1.29 is 17.9 Å². The number of fused-ring (bicyclic) bond motifs is 1. The van der Waals surface area contributed by atoms with Gasteiger partial charge >= 0.3 is 6.18 Å². The molecular formula is C18H20Cl2F3N3O. The number of H-pyrrole nitrogens is 1. The van der Waals surface area contributed by atoms with Gasteiger partial charge in [-0.25, -0.2) is 4.98 Å². The predicted molar refractivity (Wildman–Crippen MR) is 104 cm³/mol. The summed E-state index contributed by atoms with van der Waals surface area (Å²) in [6, 6.07) is 14.8. The fourth-order valence-electron chi connectivity index (χ4n) is 2.46. The normalized spacial score (nSPS) is 10.9. The largest absolute Gasteiger partial charge is 0.491 e. The molecule has 0 aliphatic rings. The molecule has 0 fully saturated rings. The summed E-state index contributed by atoms with van der Waals surface area (Å²) in [5.74, 6) is -0.657. The zero-order valence-electron chi connectivity index (χ0n) is 14.3. The summed E-state index contributed by atoms with van der Waals surface area (Å²) in [5, 5.41) is 3.30. The minimum Gasteiger partial charge on any atom is -0.491 e. The first-order valence-corrected chi connectivity index (χ1v) is 7.97. The summed E-state index contributed by atoms with van der Waals surface area (Å²) in [7, 11) is 0. The van der Waals surface area contributed by atoms with Gasteiger partial charge in [0.15, 0.2) is 0 Å². The van der Waals surface area contributed by atoms with Crippen LogP contribution in [-0.2, 0) is 12.7 Å². The third-order valence-electron chi connectivity index (χ3n) is 3.67. The Bertz CT molecular complexity index is 826. The maximum atomic E-state index is 12.7. The molecule has 0 saturated carbocycles. The fourth-order valence-corrected chi connectivity index (χ4v) is 2.46. The number of rotatable bonds is 7. The molecule has 0 unspecified atom stereocenters. The number of para-hydroxylation sites is 1. The van der Waals surface area contributed by atoms with E-state index in [2.05, 4.69) is 15.3 Å². The van der Waals surface area contributed by atoms with Crippen LogP contribution in [0.25, 0.3) is 11.0 Å². The number of benzene rings is 2.